The number of nitrogens with zero attached hydrogens (tertiary/aromatic N) is 2. The predicted octanol–water partition coefficient (Wildman–Crippen LogP) is 3.39. The molecule has 0 bridgehead atoms. The number of carbonyl (C=O) groups is 1. The minimum Gasteiger partial charge on any atom is -0.341 e. The van der Waals surface area contributed by atoms with Gasteiger partial charge < -0.3 is 4.90 Å². The SMILES string of the molecule is CC(C)(C)CCN1CCC2CN(C(=O)CC(C)(C)C)CC21. The van der Waals surface area contributed by atoms with E-state index in [4.69, 9.17) is 0 Å². The lowest BCUT2D eigenvalue weighted by atomic mass is 9.91. The van der Waals surface area contributed by atoms with Gasteiger partial charge in [0.25, 0.3) is 0 Å². The van der Waals surface area contributed by atoms with Crippen molar-refractivity contribution in [2.45, 2.75) is 66.8 Å². The van der Waals surface area contributed by atoms with Crippen molar-refractivity contribution in [3.05, 3.63) is 0 Å². The van der Waals surface area contributed by atoms with Gasteiger partial charge in [0.05, 0.1) is 0 Å². The highest BCUT2D eigenvalue weighted by Gasteiger charge is 2.42. The molecule has 2 aliphatic heterocycles. The number of rotatable bonds is 3. The van der Waals surface area contributed by atoms with Gasteiger partial charge in [0, 0.05) is 25.6 Å². The highest BCUT2D eigenvalue weighted by molar-refractivity contribution is 5.77. The standard InChI is InChI=1S/C18H34N2O/c1-17(2,3)8-10-19-9-7-14-12-20(13-15(14)19)16(21)11-18(4,5)6/h14-15H,7-13H2,1-6H3. The first-order valence-corrected chi connectivity index (χ1v) is 8.57. The molecular formula is C18H34N2O. The summed E-state index contributed by atoms with van der Waals surface area (Å²) in [6.45, 7) is 17.8. The van der Waals surface area contributed by atoms with Crippen molar-refractivity contribution in [3.8, 4) is 0 Å². The maximum absolute atomic E-state index is 12.4. The largest absolute Gasteiger partial charge is 0.341 e. The van der Waals surface area contributed by atoms with Crippen LogP contribution in [0.2, 0.25) is 0 Å². The molecule has 0 spiro atoms. The van der Waals surface area contributed by atoms with Crippen LogP contribution in [0.1, 0.15) is 60.8 Å². The topological polar surface area (TPSA) is 23.6 Å². The fourth-order valence-corrected chi connectivity index (χ4v) is 3.57. The number of carbonyl (C=O) groups excluding carboxylic acids is 1. The van der Waals surface area contributed by atoms with Crippen molar-refractivity contribution in [1.82, 2.24) is 9.80 Å². The van der Waals surface area contributed by atoms with Crippen LogP contribution in [0.4, 0.5) is 0 Å². The normalized spacial score (nSPS) is 27.2. The van der Waals surface area contributed by atoms with Crippen LogP contribution in [-0.4, -0.2) is 47.9 Å². The maximum atomic E-state index is 12.4. The van der Waals surface area contributed by atoms with Gasteiger partial charge >= 0.3 is 0 Å². The van der Waals surface area contributed by atoms with Gasteiger partial charge in [0.2, 0.25) is 5.91 Å². The van der Waals surface area contributed by atoms with E-state index >= 15 is 0 Å². The molecule has 0 saturated carbocycles. The Morgan fingerprint density at radius 2 is 1.71 bits per heavy atom. The molecule has 0 radical (unpaired) electrons. The molecule has 3 heteroatoms. The summed E-state index contributed by atoms with van der Waals surface area (Å²) in [6, 6.07) is 0.622. The molecule has 2 atom stereocenters. The van der Waals surface area contributed by atoms with Crippen LogP contribution in [0.25, 0.3) is 0 Å². The summed E-state index contributed by atoms with van der Waals surface area (Å²) in [4.78, 5) is 17.2. The molecule has 2 fully saturated rings. The molecule has 0 aromatic heterocycles. The van der Waals surface area contributed by atoms with E-state index in [1.54, 1.807) is 0 Å². The van der Waals surface area contributed by atoms with Crippen molar-refractivity contribution < 1.29 is 4.79 Å². The summed E-state index contributed by atoms with van der Waals surface area (Å²) < 4.78 is 0. The number of fused-ring (bicyclic) bond motifs is 1. The Kier molecular flexibility index (Phi) is 4.72. The number of hydrogen-bond acceptors (Lipinski definition) is 2. The molecule has 2 heterocycles. The van der Waals surface area contributed by atoms with Crippen molar-refractivity contribution in [3.63, 3.8) is 0 Å². The Bertz CT molecular complexity index is 378. The van der Waals surface area contributed by atoms with Crippen LogP contribution in [0.3, 0.4) is 0 Å². The predicted molar refractivity (Wildman–Crippen MR) is 88.2 cm³/mol. The third-order valence-corrected chi connectivity index (χ3v) is 4.85. The molecule has 2 rings (SSSR count). The Balaban J connectivity index is 1.87. The molecule has 3 nitrogen and oxygen atoms in total. The van der Waals surface area contributed by atoms with E-state index in [0.29, 0.717) is 29.7 Å². The summed E-state index contributed by atoms with van der Waals surface area (Å²) in [6.07, 6.45) is 3.19. The average Bonchev–Trinajstić information content (AvgIpc) is 2.82. The van der Waals surface area contributed by atoms with Gasteiger partial charge in [-0.2, -0.15) is 0 Å². The van der Waals surface area contributed by atoms with E-state index < -0.39 is 0 Å². The molecule has 0 N–H and O–H groups in total. The number of amides is 1. The quantitative estimate of drug-likeness (QED) is 0.796. The Morgan fingerprint density at radius 3 is 2.29 bits per heavy atom. The van der Waals surface area contributed by atoms with Crippen LogP contribution < -0.4 is 0 Å². The molecule has 0 aliphatic carbocycles. The first-order valence-electron chi connectivity index (χ1n) is 8.57. The third-order valence-electron chi connectivity index (χ3n) is 4.85. The lowest BCUT2D eigenvalue weighted by Gasteiger charge is -2.29. The first-order chi connectivity index (χ1) is 9.55. The second kappa shape index (κ2) is 5.91. The second-order valence-corrected chi connectivity index (χ2v) is 9.50. The molecule has 0 aromatic carbocycles. The van der Waals surface area contributed by atoms with Crippen LogP contribution in [-0.2, 0) is 4.79 Å². The Labute approximate surface area is 131 Å². The Morgan fingerprint density at radius 1 is 1.05 bits per heavy atom. The van der Waals surface area contributed by atoms with Gasteiger partial charge in [0.15, 0.2) is 0 Å². The fourth-order valence-electron chi connectivity index (χ4n) is 3.57. The van der Waals surface area contributed by atoms with Crippen molar-refractivity contribution in [2.75, 3.05) is 26.2 Å². The zero-order chi connectivity index (χ0) is 15.8. The van der Waals surface area contributed by atoms with Gasteiger partial charge in [-0.25, -0.2) is 0 Å². The molecule has 0 aromatic rings. The minimum absolute atomic E-state index is 0.0979. The zero-order valence-electron chi connectivity index (χ0n) is 14.9. The Hall–Kier alpha value is -0.570. The second-order valence-electron chi connectivity index (χ2n) is 9.50. The molecule has 21 heavy (non-hydrogen) atoms. The maximum Gasteiger partial charge on any atom is 0.223 e. The summed E-state index contributed by atoms with van der Waals surface area (Å²) >= 11 is 0. The molecule has 2 aliphatic rings. The van der Waals surface area contributed by atoms with Crippen LogP contribution >= 0.6 is 0 Å². The van der Waals surface area contributed by atoms with E-state index in [0.717, 1.165) is 13.1 Å². The van der Waals surface area contributed by atoms with Gasteiger partial charge in [-0.1, -0.05) is 41.5 Å². The van der Waals surface area contributed by atoms with Gasteiger partial charge in [0.1, 0.15) is 0 Å². The van der Waals surface area contributed by atoms with E-state index in [1.165, 1.54) is 25.9 Å². The molecule has 2 unspecified atom stereocenters. The van der Waals surface area contributed by atoms with E-state index in [9.17, 15) is 4.79 Å². The lowest BCUT2D eigenvalue weighted by molar-refractivity contribution is -0.132. The van der Waals surface area contributed by atoms with Gasteiger partial charge in [-0.05, 0) is 42.7 Å². The highest BCUT2D eigenvalue weighted by Crippen LogP contribution is 2.34. The summed E-state index contributed by atoms with van der Waals surface area (Å²) in [5.74, 6) is 1.07. The monoisotopic (exact) mass is 294 g/mol. The van der Waals surface area contributed by atoms with Crippen LogP contribution in [0.15, 0.2) is 0 Å². The molecule has 1 amide bonds. The molecule has 2 saturated heterocycles. The van der Waals surface area contributed by atoms with Gasteiger partial charge in [-0.3, -0.25) is 9.69 Å². The summed E-state index contributed by atoms with van der Waals surface area (Å²) in [7, 11) is 0. The fraction of sp³-hybridized carbons (Fsp3) is 0.944. The number of hydrogen-bond donors (Lipinski definition) is 0. The summed E-state index contributed by atoms with van der Waals surface area (Å²) in [5.41, 5.74) is 0.499. The zero-order valence-corrected chi connectivity index (χ0v) is 14.9. The van der Waals surface area contributed by atoms with Crippen molar-refractivity contribution >= 4 is 5.91 Å². The summed E-state index contributed by atoms with van der Waals surface area (Å²) in [5, 5.41) is 0. The van der Waals surface area contributed by atoms with E-state index in [2.05, 4.69) is 51.3 Å². The van der Waals surface area contributed by atoms with Gasteiger partial charge in [-0.15, -0.1) is 0 Å². The van der Waals surface area contributed by atoms with Crippen LogP contribution in [0, 0.1) is 16.7 Å². The highest BCUT2D eigenvalue weighted by atomic mass is 16.2. The van der Waals surface area contributed by atoms with E-state index in [-0.39, 0.29) is 5.41 Å². The smallest absolute Gasteiger partial charge is 0.223 e. The average molecular weight is 294 g/mol. The minimum atomic E-state index is 0.0979. The van der Waals surface area contributed by atoms with Crippen LogP contribution in [0.5, 0.6) is 0 Å². The number of likely N-dealkylation sites (tertiary alicyclic amines) is 2. The van der Waals surface area contributed by atoms with Crippen molar-refractivity contribution in [1.29, 1.82) is 0 Å². The molecule has 122 valence electrons. The lowest BCUT2D eigenvalue weighted by Crippen LogP contribution is -2.39. The first kappa shape index (κ1) is 16.8. The molecular weight excluding hydrogens is 260 g/mol. The third kappa shape index (κ3) is 4.70. The van der Waals surface area contributed by atoms with E-state index in [1.807, 2.05) is 0 Å². The van der Waals surface area contributed by atoms with Crippen molar-refractivity contribution in [2.24, 2.45) is 16.7 Å².